The van der Waals surface area contributed by atoms with Crippen LogP contribution < -0.4 is 14.9 Å². The molecule has 0 aliphatic carbocycles. The molecule has 3 aromatic rings. The van der Waals surface area contributed by atoms with Crippen molar-refractivity contribution in [1.29, 1.82) is 0 Å². The number of rotatable bonds is 7. The summed E-state index contributed by atoms with van der Waals surface area (Å²) >= 11 is 5.89. The van der Waals surface area contributed by atoms with E-state index in [1.807, 2.05) is 0 Å². The van der Waals surface area contributed by atoms with E-state index in [0.29, 0.717) is 22.2 Å². The van der Waals surface area contributed by atoms with Crippen LogP contribution in [0.2, 0.25) is 5.02 Å². The lowest BCUT2D eigenvalue weighted by Crippen LogP contribution is -2.30. The third-order valence-electron chi connectivity index (χ3n) is 5.27. The number of carbonyl (C=O) groups is 1. The van der Waals surface area contributed by atoms with Crippen LogP contribution in [0.3, 0.4) is 0 Å². The van der Waals surface area contributed by atoms with E-state index in [2.05, 4.69) is 14.9 Å². The van der Waals surface area contributed by atoms with Crippen molar-refractivity contribution >= 4 is 50.7 Å². The predicted octanol–water partition coefficient (Wildman–Crippen LogP) is 5.38. The number of nitrogens with one attached hydrogen (secondary N) is 2. The standard InChI is InChI=1S/C24H24ClN3O4S/c25-18-6-8-19(9-7-18)27-33(30,31)21-11-12-23(28-14-2-1-3-15-28)22(17-21)26-24(29)13-10-20-5-4-16-32-20/h4-13,16-17,27H,1-3,14-15H2,(H,26,29)/b13-10+. The van der Waals surface area contributed by atoms with Crippen molar-refractivity contribution in [1.82, 2.24) is 0 Å². The van der Waals surface area contributed by atoms with Crippen LogP contribution in [0.15, 0.2) is 76.2 Å². The molecule has 1 aromatic heterocycles. The van der Waals surface area contributed by atoms with Gasteiger partial charge in [0.2, 0.25) is 5.91 Å². The second kappa shape index (κ2) is 10.1. The van der Waals surface area contributed by atoms with E-state index in [9.17, 15) is 13.2 Å². The monoisotopic (exact) mass is 485 g/mol. The van der Waals surface area contributed by atoms with Crippen LogP contribution in [0, 0.1) is 0 Å². The molecular weight excluding hydrogens is 462 g/mol. The average Bonchev–Trinajstić information content (AvgIpc) is 3.33. The Morgan fingerprint density at radius 1 is 1.03 bits per heavy atom. The van der Waals surface area contributed by atoms with Gasteiger partial charge in [-0.1, -0.05) is 11.6 Å². The van der Waals surface area contributed by atoms with Crippen molar-refractivity contribution in [2.24, 2.45) is 0 Å². The molecule has 33 heavy (non-hydrogen) atoms. The number of hydrogen-bond acceptors (Lipinski definition) is 5. The van der Waals surface area contributed by atoms with Crippen molar-refractivity contribution in [3.63, 3.8) is 0 Å². The van der Waals surface area contributed by atoms with Crippen LogP contribution in [0.4, 0.5) is 17.1 Å². The fourth-order valence-electron chi connectivity index (χ4n) is 3.64. The molecule has 1 aliphatic rings. The molecule has 0 atom stereocenters. The first-order valence-electron chi connectivity index (χ1n) is 10.6. The Bertz CT molecular complexity index is 1230. The van der Waals surface area contributed by atoms with Crippen LogP contribution in [-0.4, -0.2) is 27.4 Å². The van der Waals surface area contributed by atoms with E-state index in [1.165, 1.54) is 18.4 Å². The smallest absolute Gasteiger partial charge is 0.261 e. The summed E-state index contributed by atoms with van der Waals surface area (Å²) in [6.07, 6.45) is 7.67. The Kier molecular flexibility index (Phi) is 7.05. The molecule has 2 N–H and O–H groups in total. The molecule has 4 rings (SSSR count). The van der Waals surface area contributed by atoms with Gasteiger partial charge in [0.1, 0.15) is 5.76 Å². The van der Waals surface area contributed by atoms with E-state index in [1.54, 1.807) is 54.6 Å². The summed E-state index contributed by atoms with van der Waals surface area (Å²) in [5.74, 6) is 0.162. The molecule has 0 unspecified atom stereocenters. The molecule has 1 saturated heterocycles. The fraction of sp³-hybridized carbons (Fsp3) is 0.208. The minimum atomic E-state index is -3.88. The SMILES string of the molecule is O=C(/C=C/c1ccco1)Nc1cc(S(=O)(=O)Nc2ccc(Cl)cc2)ccc1N1CCCCC1. The summed E-state index contributed by atoms with van der Waals surface area (Å²) in [6.45, 7) is 1.69. The minimum Gasteiger partial charge on any atom is -0.465 e. The van der Waals surface area contributed by atoms with Gasteiger partial charge in [-0.3, -0.25) is 9.52 Å². The van der Waals surface area contributed by atoms with Gasteiger partial charge in [0, 0.05) is 29.9 Å². The van der Waals surface area contributed by atoms with Crippen molar-refractivity contribution < 1.29 is 17.6 Å². The van der Waals surface area contributed by atoms with Gasteiger partial charge in [0.25, 0.3) is 10.0 Å². The zero-order valence-corrected chi connectivity index (χ0v) is 19.4. The molecule has 9 heteroatoms. The first kappa shape index (κ1) is 22.9. The fourth-order valence-corrected chi connectivity index (χ4v) is 4.85. The van der Waals surface area contributed by atoms with Gasteiger partial charge in [-0.05, 0) is 79.9 Å². The predicted molar refractivity (Wildman–Crippen MR) is 131 cm³/mol. The molecule has 2 heterocycles. The topological polar surface area (TPSA) is 91.6 Å². The van der Waals surface area contributed by atoms with E-state index in [4.69, 9.17) is 16.0 Å². The maximum Gasteiger partial charge on any atom is 0.261 e. The Morgan fingerprint density at radius 2 is 1.79 bits per heavy atom. The summed E-state index contributed by atoms with van der Waals surface area (Å²) in [5.41, 5.74) is 1.62. The van der Waals surface area contributed by atoms with Crippen molar-refractivity contribution in [2.75, 3.05) is 28.0 Å². The Hall–Kier alpha value is -3.23. The lowest BCUT2D eigenvalue weighted by molar-refractivity contribution is -0.111. The number of sulfonamides is 1. The van der Waals surface area contributed by atoms with Gasteiger partial charge in [-0.2, -0.15) is 0 Å². The van der Waals surface area contributed by atoms with E-state index in [0.717, 1.165) is 38.0 Å². The highest BCUT2D eigenvalue weighted by molar-refractivity contribution is 7.92. The van der Waals surface area contributed by atoms with Crippen LogP contribution in [0.25, 0.3) is 6.08 Å². The van der Waals surface area contributed by atoms with Gasteiger partial charge in [0.05, 0.1) is 22.5 Å². The van der Waals surface area contributed by atoms with Crippen LogP contribution >= 0.6 is 11.6 Å². The number of piperidine rings is 1. The normalized spacial score (nSPS) is 14.4. The summed E-state index contributed by atoms with van der Waals surface area (Å²) in [7, 11) is -3.88. The third kappa shape index (κ3) is 5.97. The van der Waals surface area contributed by atoms with Crippen LogP contribution in [0.1, 0.15) is 25.0 Å². The average molecular weight is 486 g/mol. The maximum atomic E-state index is 13.0. The summed E-state index contributed by atoms with van der Waals surface area (Å²) in [5, 5.41) is 3.35. The molecule has 0 saturated carbocycles. The molecule has 1 amide bonds. The number of carbonyl (C=O) groups excluding carboxylic acids is 1. The highest BCUT2D eigenvalue weighted by Crippen LogP contribution is 2.32. The van der Waals surface area contributed by atoms with Crippen LogP contribution in [-0.2, 0) is 14.8 Å². The number of anilines is 3. The quantitative estimate of drug-likeness (QED) is 0.438. The summed E-state index contributed by atoms with van der Waals surface area (Å²) in [4.78, 5) is 14.8. The maximum absolute atomic E-state index is 13.0. The van der Waals surface area contributed by atoms with Gasteiger partial charge in [-0.25, -0.2) is 8.42 Å². The van der Waals surface area contributed by atoms with E-state index >= 15 is 0 Å². The number of furan rings is 1. The zero-order valence-electron chi connectivity index (χ0n) is 17.8. The van der Waals surface area contributed by atoms with Crippen molar-refractivity contribution in [3.8, 4) is 0 Å². The summed E-state index contributed by atoms with van der Waals surface area (Å²) < 4.78 is 33.7. The Morgan fingerprint density at radius 3 is 2.48 bits per heavy atom. The minimum absolute atomic E-state index is 0.0449. The Balaban J connectivity index is 1.62. The highest BCUT2D eigenvalue weighted by Gasteiger charge is 2.21. The molecule has 0 spiro atoms. The van der Waals surface area contributed by atoms with Crippen LogP contribution in [0.5, 0.6) is 0 Å². The highest BCUT2D eigenvalue weighted by atomic mass is 35.5. The Labute approximate surface area is 198 Å². The molecular formula is C24H24ClN3O4S. The molecule has 0 bridgehead atoms. The largest absolute Gasteiger partial charge is 0.465 e. The molecule has 0 radical (unpaired) electrons. The molecule has 1 fully saturated rings. The number of hydrogen-bond donors (Lipinski definition) is 2. The van der Waals surface area contributed by atoms with Gasteiger partial charge >= 0.3 is 0 Å². The number of nitrogens with zero attached hydrogens (tertiary/aromatic N) is 1. The molecule has 172 valence electrons. The number of halogens is 1. The number of benzene rings is 2. The van der Waals surface area contributed by atoms with Gasteiger partial charge in [-0.15, -0.1) is 0 Å². The second-order valence-electron chi connectivity index (χ2n) is 7.68. The zero-order chi connectivity index (χ0) is 23.3. The van der Waals surface area contributed by atoms with Gasteiger partial charge in [0.15, 0.2) is 0 Å². The molecule has 1 aliphatic heterocycles. The second-order valence-corrected chi connectivity index (χ2v) is 9.80. The lowest BCUT2D eigenvalue weighted by atomic mass is 10.1. The molecule has 2 aromatic carbocycles. The van der Waals surface area contributed by atoms with Crippen molar-refractivity contribution in [3.05, 3.63) is 77.7 Å². The van der Waals surface area contributed by atoms with E-state index < -0.39 is 10.0 Å². The van der Waals surface area contributed by atoms with Gasteiger partial charge < -0.3 is 14.6 Å². The number of amides is 1. The molecule has 7 nitrogen and oxygen atoms in total. The summed E-state index contributed by atoms with van der Waals surface area (Å²) in [6, 6.07) is 14.6. The first-order chi connectivity index (χ1) is 15.9. The van der Waals surface area contributed by atoms with E-state index in [-0.39, 0.29) is 10.8 Å². The van der Waals surface area contributed by atoms with Crippen molar-refractivity contribution in [2.45, 2.75) is 24.2 Å². The lowest BCUT2D eigenvalue weighted by Gasteiger charge is -2.30. The third-order valence-corrected chi connectivity index (χ3v) is 6.90. The first-order valence-corrected chi connectivity index (χ1v) is 12.5.